The SMILES string of the molecule is COc1ccc(C(C)N)c(OCC2CCOCC2)c1. The zero-order chi connectivity index (χ0) is 13.7. The highest BCUT2D eigenvalue weighted by atomic mass is 16.5. The second-order valence-corrected chi connectivity index (χ2v) is 5.06. The standard InChI is InChI=1S/C15H23NO3/c1-11(16)14-4-3-13(17-2)9-15(14)19-10-12-5-7-18-8-6-12/h3-4,9,11-12H,5-8,10,16H2,1-2H3. The van der Waals surface area contributed by atoms with Crippen LogP contribution >= 0.6 is 0 Å². The molecule has 0 amide bonds. The number of benzene rings is 1. The quantitative estimate of drug-likeness (QED) is 0.889. The van der Waals surface area contributed by atoms with E-state index in [4.69, 9.17) is 19.9 Å². The van der Waals surface area contributed by atoms with Crippen molar-refractivity contribution in [2.24, 2.45) is 11.7 Å². The van der Waals surface area contributed by atoms with Crippen LogP contribution in [0.25, 0.3) is 0 Å². The predicted molar refractivity (Wildman–Crippen MR) is 74.6 cm³/mol. The molecule has 0 spiro atoms. The van der Waals surface area contributed by atoms with Crippen molar-refractivity contribution >= 4 is 0 Å². The van der Waals surface area contributed by atoms with Crippen LogP contribution < -0.4 is 15.2 Å². The zero-order valence-electron chi connectivity index (χ0n) is 11.7. The molecule has 1 aromatic rings. The molecule has 2 rings (SSSR count). The Kier molecular flexibility index (Phi) is 5.05. The number of methoxy groups -OCH3 is 1. The second kappa shape index (κ2) is 6.78. The predicted octanol–water partition coefficient (Wildman–Crippen LogP) is 2.52. The van der Waals surface area contributed by atoms with Crippen LogP contribution in [0.3, 0.4) is 0 Å². The fraction of sp³-hybridized carbons (Fsp3) is 0.600. The number of rotatable bonds is 5. The first kappa shape index (κ1) is 14.2. The Balaban J connectivity index is 2.03. The Hall–Kier alpha value is -1.26. The molecule has 0 radical (unpaired) electrons. The van der Waals surface area contributed by atoms with Gasteiger partial charge in [-0.15, -0.1) is 0 Å². The minimum absolute atomic E-state index is 0.0457. The molecule has 0 aliphatic carbocycles. The van der Waals surface area contributed by atoms with Gasteiger partial charge in [-0.2, -0.15) is 0 Å². The first-order chi connectivity index (χ1) is 9.20. The molecule has 4 nitrogen and oxygen atoms in total. The average Bonchev–Trinajstić information content (AvgIpc) is 2.45. The van der Waals surface area contributed by atoms with Gasteiger partial charge in [0.15, 0.2) is 0 Å². The number of hydrogen-bond donors (Lipinski definition) is 1. The van der Waals surface area contributed by atoms with E-state index in [1.165, 1.54) is 0 Å². The molecule has 4 heteroatoms. The lowest BCUT2D eigenvalue weighted by atomic mass is 10.0. The van der Waals surface area contributed by atoms with E-state index in [1.807, 2.05) is 25.1 Å². The summed E-state index contributed by atoms with van der Waals surface area (Å²) in [4.78, 5) is 0. The van der Waals surface area contributed by atoms with E-state index in [0.717, 1.165) is 49.7 Å². The largest absolute Gasteiger partial charge is 0.497 e. The summed E-state index contributed by atoms with van der Waals surface area (Å²) in [5.74, 6) is 2.20. The third-order valence-corrected chi connectivity index (χ3v) is 3.53. The van der Waals surface area contributed by atoms with Gasteiger partial charge in [0.1, 0.15) is 11.5 Å². The molecule has 106 valence electrons. The Morgan fingerprint density at radius 3 is 2.74 bits per heavy atom. The van der Waals surface area contributed by atoms with Crippen molar-refractivity contribution in [3.63, 3.8) is 0 Å². The van der Waals surface area contributed by atoms with Crippen molar-refractivity contribution in [2.75, 3.05) is 26.9 Å². The lowest BCUT2D eigenvalue weighted by Crippen LogP contribution is -2.22. The Morgan fingerprint density at radius 2 is 2.11 bits per heavy atom. The van der Waals surface area contributed by atoms with Gasteiger partial charge in [0.2, 0.25) is 0 Å². The van der Waals surface area contributed by atoms with Crippen LogP contribution in [0.4, 0.5) is 0 Å². The van der Waals surface area contributed by atoms with Crippen molar-refractivity contribution in [2.45, 2.75) is 25.8 Å². The van der Waals surface area contributed by atoms with E-state index in [2.05, 4.69) is 0 Å². The molecule has 1 fully saturated rings. The van der Waals surface area contributed by atoms with E-state index >= 15 is 0 Å². The van der Waals surface area contributed by atoms with Crippen LogP contribution in [0.5, 0.6) is 11.5 Å². The molecule has 1 atom stereocenters. The Bertz CT molecular complexity index is 400. The second-order valence-electron chi connectivity index (χ2n) is 5.06. The van der Waals surface area contributed by atoms with E-state index in [0.29, 0.717) is 5.92 Å². The van der Waals surface area contributed by atoms with E-state index in [9.17, 15) is 0 Å². The summed E-state index contributed by atoms with van der Waals surface area (Å²) in [6.45, 7) is 4.36. The van der Waals surface area contributed by atoms with Crippen molar-refractivity contribution < 1.29 is 14.2 Å². The average molecular weight is 265 g/mol. The highest BCUT2D eigenvalue weighted by molar-refractivity contribution is 5.42. The molecule has 1 aromatic carbocycles. The molecule has 0 saturated carbocycles. The van der Waals surface area contributed by atoms with Gasteiger partial charge in [-0.25, -0.2) is 0 Å². The first-order valence-electron chi connectivity index (χ1n) is 6.84. The van der Waals surface area contributed by atoms with E-state index < -0.39 is 0 Å². The van der Waals surface area contributed by atoms with Gasteiger partial charge in [-0.3, -0.25) is 0 Å². The highest BCUT2D eigenvalue weighted by Gasteiger charge is 2.16. The molecular formula is C15H23NO3. The summed E-state index contributed by atoms with van der Waals surface area (Å²) in [7, 11) is 1.66. The normalized spacial score (nSPS) is 18.1. The Labute approximate surface area is 114 Å². The van der Waals surface area contributed by atoms with Crippen LogP contribution in [0.15, 0.2) is 18.2 Å². The van der Waals surface area contributed by atoms with Crippen molar-refractivity contribution in [3.8, 4) is 11.5 Å². The summed E-state index contributed by atoms with van der Waals surface area (Å²) in [6, 6.07) is 5.76. The number of nitrogens with two attached hydrogens (primary N) is 1. The molecule has 2 N–H and O–H groups in total. The fourth-order valence-corrected chi connectivity index (χ4v) is 2.26. The topological polar surface area (TPSA) is 53.7 Å². The molecule has 1 aliphatic heterocycles. The molecular weight excluding hydrogens is 242 g/mol. The molecule has 1 saturated heterocycles. The van der Waals surface area contributed by atoms with Crippen molar-refractivity contribution in [1.82, 2.24) is 0 Å². The molecule has 1 heterocycles. The summed E-state index contributed by atoms with van der Waals surface area (Å²) in [5, 5.41) is 0. The van der Waals surface area contributed by atoms with Gasteiger partial charge in [-0.05, 0) is 31.7 Å². The van der Waals surface area contributed by atoms with Crippen molar-refractivity contribution in [1.29, 1.82) is 0 Å². The van der Waals surface area contributed by atoms with Crippen LogP contribution in [0, 0.1) is 5.92 Å². The fourth-order valence-electron chi connectivity index (χ4n) is 2.26. The van der Waals surface area contributed by atoms with Gasteiger partial charge >= 0.3 is 0 Å². The van der Waals surface area contributed by atoms with Gasteiger partial charge < -0.3 is 19.9 Å². The van der Waals surface area contributed by atoms with Gasteiger partial charge in [0, 0.05) is 30.9 Å². The maximum absolute atomic E-state index is 5.97. The van der Waals surface area contributed by atoms with Crippen LogP contribution in [-0.4, -0.2) is 26.9 Å². The lowest BCUT2D eigenvalue weighted by molar-refractivity contribution is 0.0495. The van der Waals surface area contributed by atoms with Crippen LogP contribution in [0.1, 0.15) is 31.4 Å². The summed E-state index contributed by atoms with van der Waals surface area (Å²) >= 11 is 0. The number of ether oxygens (including phenoxy) is 3. The molecule has 1 aliphatic rings. The van der Waals surface area contributed by atoms with Gasteiger partial charge in [-0.1, -0.05) is 6.07 Å². The molecule has 0 bridgehead atoms. The van der Waals surface area contributed by atoms with Gasteiger partial charge in [0.25, 0.3) is 0 Å². The third-order valence-electron chi connectivity index (χ3n) is 3.53. The monoisotopic (exact) mass is 265 g/mol. The van der Waals surface area contributed by atoms with E-state index in [-0.39, 0.29) is 6.04 Å². The highest BCUT2D eigenvalue weighted by Crippen LogP contribution is 2.29. The lowest BCUT2D eigenvalue weighted by Gasteiger charge is -2.23. The molecule has 1 unspecified atom stereocenters. The first-order valence-corrected chi connectivity index (χ1v) is 6.84. The molecule has 19 heavy (non-hydrogen) atoms. The summed E-state index contributed by atoms with van der Waals surface area (Å²) < 4.78 is 16.6. The third kappa shape index (κ3) is 3.85. The minimum Gasteiger partial charge on any atom is -0.497 e. The zero-order valence-corrected chi connectivity index (χ0v) is 11.7. The van der Waals surface area contributed by atoms with Crippen LogP contribution in [-0.2, 0) is 4.74 Å². The maximum atomic E-state index is 5.97. The van der Waals surface area contributed by atoms with E-state index in [1.54, 1.807) is 7.11 Å². The maximum Gasteiger partial charge on any atom is 0.127 e. The Morgan fingerprint density at radius 1 is 1.37 bits per heavy atom. The summed E-state index contributed by atoms with van der Waals surface area (Å²) in [5.41, 5.74) is 7.00. The minimum atomic E-state index is -0.0457. The molecule has 0 aromatic heterocycles. The smallest absolute Gasteiger partial charge is 0.127 e. The number of hydrogen-bond acceptors (Lipinski definition) is 4. The van der Waals surface area contributed by atoms with Gasteiger partial charge in [0.05, 0.1) is 13.7 Å². The summed E-state index contributed by atoms with van der Waals surface area (Å²) in [6.07, 6.45) is 2.13. The van der Waals surface area contributed by atoms with Crippen LogP contribution in [0.2, 0.25) is 0 Å². The van der Waals surface area contributed by atoms with Crippen molar-refractivity contribution in [3.05, 3.63) is 23.8 Å².